The number of carbonyl (C=O) groups is 2. The molecule has 0 bridgehead atoms. The lowest BCUT2D eigenvalue weighted by atomic mass is 9.82. The van der Waals surface area contributed by atoms with E-state index in [4.69, 9.17) is 11.6 Å². The number of carbonyl (C=O) groups excluding carboxylic acids is 1. The number of benzene rings is 2. The molecule has 0 unspecified atom stereocenters. The van der Waals surface area contributed by atoms with Gasteiger partial charge in [-0.25, -0.2) is 4.79 Å². The van der Waals surface area contributed by atoms with Gasteiger partial charge in [0.1, 0.15) is 4.88 Å². The molecule has 1 saturated carbocycles. The second-order valence-corrected chi connectivity index (χ2v) is 10.4. The molecule has 0 atom stereocenters. The van der Waals surface area contributed by atoms with Crippen LogP contribution in [0.5, 0.6) is 0 Å². The molecular weight excluding hydrogens is 442 g/mol. The summed E-state index contributed by atoms with van der Waals surface area (Å²) in [5.41, 5.74) is 2.26. The fraction of sp³-hybridized carbons (Fsp3) is 0.385. The van der Waals surface area contributed by atoms with Crippen LogP contribution >= 0.6 is 22.9 Å². The Labute approximate surface area is 197 Å². The molecule has 4 rings (SSSR count). The highest BCUT2D eigenvalue weighted by molar-refractivity contribution is 7.22. The van der Waals surface area contributed by atoms with Gasteiger partial charge in [0.15, 0.2) is 0 Å². The number of carboxylic acid groups (broad SMARTS) is 1. The van der Waals surface area contributed by atoms with Crippen molar-refractivity contribution in [3.05, 3.63) is 52.4 Å². The summed E-state index contributed by atoms with van der Waals surface area (Å²) in [6.45, 7) is 6.14. The molecule has 1 aliphatic rings. The van der Waals surface area contributed by atoms with Crippen LogP contribution in [0, 0.1) is 11.8 Å². The van der Waals surface area contributed by atoms with E-state index in [1.54, 1.807) is 4.90 Å². The van der Waals surface area contributed by atoms with Crippen LogP contribution in [0.4, 0.5) is 5.69 Å². The first-order valence-electron chi connectivity index (χ1n) is 11.2. The minimum atomic E-state index is -1.01. The van der Waals surface area contributed by atoms with E-state index in [0.29, 0.717) is 16.6 Å². The number of halogens is 1. The predicted molar refractivity (Wildman–Crippen MR) is 133 cm³/mol. The summed E-state index contributed by atoms with van der Waals surface area (Å²) in [5.74, 6) is -0.391. The smallest absolute Gasteiger partial charge is 0.348 e. The van der Waals surface area contributed by atoms with Gasteiger partial charge < -0.3 is 10.0 Å². The van der Waals surface area contributed by atoms with E-state index in [-0.39, 0.29) is 22.7 Å². The Hall–Kier alpha value is -2.37. The molecule has 0 aliphatic heterocycles. The fourth-order valence-corrected chi connectivity index (χ4v) is 6.11. The van der Waals surface area contributed by atoms with Gasteiger partial charge in [-0.1, -0.05) is 54.9 Å². The molecular formula is C26H28ClNO3S. The zero-order valence-electron chi connectivity index (χ0n) is 18.6. The lowest BCUT2D eigenvalue weighted by Gasteiger charge is -2.33. The third kappa shape index (κ3) is 4.16. The number of hydrogen-bond donors (Lipinski definition) is 1. The summed E-state index contributed by atoms with van der Waals surface area (Å²) in [4.78, 5) is 27.9. The Morgan fingerprint density at radius 1 is 1.03 bits per heavy atom. The molecule has 1 heterocycles. The van der Waals surface area contributed by atoms with Crippen molar-refractivity contribution in [2.75, 3.05) is 4.90 Å². The van der Waals surface area contributed by atoms with Gasteiger partial charge in [0.05, 0.1) is 5.69 Å². The van der Waals surface area contributed by atoms with Gasteiger partial charge in [0, 0.05) is 38.2 Å². The van der Waals surface area contributed by atoms with Crippen LogP contribution < -0.4 is 4.90 Å². The molecule has 2 aromatic carbocycles. The number of carboxylic acids is 1. The van der Waals surface area contributed by atoms with Gasteiger partial charge in [-0.3, -0.25) is 4.79 Å². The quantitative estimate of drug-likeness (QED) is 0.421. The molecule has 4 nitrogen and oxygen atoms in total. The molecule has 1 fully saturated rings. The van der Waals surface area contributed by atoms with Gasteiger partial charge in [0.2, 0.25) is 5.91 Å². The molecule has 32 heavy (non-hydrogen) atoms. The van der Waals surface area contributed by atoms with E-state index >= 15 is 0 Å². The third-order valence-electron chi connectivity index (χ3n) is 6.41. The fourth-order valence-electron chi connectivity index (χ4n) is 4.71. The summed E-state index contributed by atoms with van der Waals surface area (Å²) >= 11 is 7.69. The Morgan fingerprint density at radius 3 is 2.31 bits per heavy atom. The van der Waals surface area contributed by atoms with E-state index in [0.717, 1.165) is 46.9 Å². The van der Waals surface area contributed by atoms with Crippen molar-refractivity contribution in [1.29, 1.82) is 0 Å². The van der Waals surface area contributed by atoms with Crippen molar-refractivity contribution >= 4 is 50.6 Å². The minimum absolute atomic E-state index is 0.0391. The molecule has 1 amide bonds. The average molecular weight is 470 g/mol. The molecule has 0 spiro atoms. The first kappa shape index (κ1) is 22.8. The second kappa shape index (κ2) is 9.24. The first-order chi connectivity index (χ1) is 15.3. The molecule has 1 aromatic heterocycles. The number of fused-ring (bicyclic) bond motifs is 1. The SMILES string of the molecule is CC1CCC(C(=O)N(c2c(C(=O)O)sc3c(-c4ccccc4Cl)cccc23)C(C)C)CC1. The maximum Gasteiger partial charge on any atom is 0.348 e. The number of rotatable bonds is 5. The largest absolute Gasteiger partial charge is 0.477 e. The van der Waals surface area contributed by atoms with Crippen LogP contribution in [0.3, 0.4) is 0 Å². The Balaban J connectivity index is 1.89. The molecule has 0 saturated heterocycles. The Bertz CT molecular complexity index is 1160. The van der Waals surface area contributed by atoms with Crippen molar-refractivity contribution < 1.29 is 14.7 Å². The van der Waals surface area contributed by atoms with Crippen molar-refractivity contribution in [3.8, 4) is 11.1 Å². The zero-order chi connectivity index (χ0) is 23.0. The summed E-state index contributed by atoms with van der Waals surface area (Å²) in [5, 5.41) is 11.5. The average Bonchev–Trinajstić information content (AvgIpc) is 3.14. The van der Waals surface area contributed by atoms with Crippen LogP contribution in [0.25, 0.3) is 21.2 Å². The van der Waals surface area contributed by atoms with E-state index in [2.05, 4.69) is 6.92 Å². The van der Waals surface area contributed by atoms with Crippen LogP contribution in [0.15, 0.2) is 42.5 Å². The summed E-state index contributed by atoms with van der Waals surface area (Å²) in [6, 6.07) is 13.2. The highest BCUT2D eigenvalue weighted by Crippen LogP contribution is 2.45. The van der Waals surface area contributed by atoms with E-state index in [1.165, 1.54) is 11.3 Å². The third-order valence-corrected chi connectivity index (χ3v) is 7.95. The van der Waals surface area contributed by atoms with Crippen molar-refractivity contribution in [1.82, 2.24) is 0 Å². The summed E-state index contributed by atoms with van der Waals surface area (Å²) in [7, 11) is 0. The van der Waals surface area contributed by atoms with Crippen molar-refractivity contribution in [2.45, 2.75) is 52.5 Å². The topological polar surface area (TPSA) is 57.6 Å². The van der Waals surface area contributed by atoms with Gasteiger partial charge in [0.25, 0.3) is 0 Å². The van der Waals surface area contributed by atoms with Crippen LogP contribution in [-0.4, -0.2) is 23.0 Å². The Kier molecular flexibility index (Phi) is 6.59. The summed E-state index contributed by atoms with van der Waals surface area (Å²) in [6.07, 6.45) is 3.79. The number of anilines is 1. The number of hydrogen-bond acceptors (Lipinski definition) is 3. The molecule has 6 heteroatoms. The van der Waals surface area contributed by atoms with Crippen LogP contribution in [0.1, 0.15) is 56.1 Å². The molecule has 168 valence electrons. The molecule has 1 aliphatic carbocycles. The van der Waals surface area contributed by atoms with Gasteiger partial charge in [-0.15, -0.1) is 11.3 Å². The highest BCUT2D eigenvalue weighted by Gasteiger charge is 2.34. The Morgan fingerprint density at radius 2 is 1.69 bits per heavy atom. The number of amides is 1. The number of nitrogens with zero attached hydrogens (tertiary/aromatic N) is 1. The van der Waals surface area contributed by atoms with E-state index in [1.807, 2.05) is 56.3 Å². The maximum absolute atomic E-state index is 13.7. The van der Waals surface area contributed by atoms with E-state index in [9.17, 15) is 14.7 Å². The van der Waals surface area contributed by atoms with Crippen LogP contribution in [0.2, 0.25) is 5.02 Å². The molecule has 3 aromatic rings. The van der Waals surface area contributed by atoms with Crippen molar-refractivity contribution in [2.24, 2.45) is 11.8 Å². The summed E-state index contributed by atoms with van der Waals surface area (Å²) < 4.78 is 0.837. The monoisotopic (exact) mass is 469 g/mol. The standard InChI is InChI=1S/C26H28ClNO3S/c1-15(2)28(25(29)17-13-11-16(3)12-14-17)22-20-9-6-8-19(18-7-4-5-10-21(18)27)23(20)32-24(22)26(30)31/h4-10,15-17H,11-14H2,1-3H3,(H,30,31). The van der Waals surface area contributed by atoms with Gasteiger partial charge in [-0.2, -0.15) is 0 Å². The molecule has 0 radical (unpaired) electrons. The lowest BCUT2D eigenvalue weighted by molar-refractivity contribution is -0.123. The maximum atomic E-state index is 13.7. The van der Waals surface area contributed by atoms with Gasteiger partial charge >= 0.3 is 5.97 Å². The second-order valence-electron chi connectivity index (χ2n) is 9.01. The molecule has 1 N–H and O–H groups in total. The normalized spacial score (nSPS) is 18.8. The lowest BCUT2D eigenvalue weighted by Crippen LogP contribution is -2.42. The zero-order valence-corrected chi connectivity index (χ0v) is 20.2. The van der Waals surface area contributed by atoms with Crippen LogP contribution in [-0.2, 0) is 4.79 Å². The van der Waals surface area contributed by atoms with Gasteiger partial charge in [-0.05, 0) is 51.5 Å². The van der Waals surface area contributed by atoms with E-state index < -0.39 is 5.97 Å². The first-order valence-corrected chi connectivity index (χ1v) is 12.4. The minimum Gasteiger partial charge on any atom is -0.477 e. The number of aromatic carboxylic acids is 1. The number of thiophene rings is 1. The predicted octanol–water partition coefficient (Wildman–Crippen LogP) is 7.49. The van der Waals surface area contributed by atoms with Crippen molar-refractivity contribution in [3.63, 3.8) is 0 Å². The highest BCUT2D eigenvalue weighted by atomic mass is 35.5.